The van der Waals surface area contributed by atoms with Crippen LogP contribution in [-0.4, -0.2) is 54.8 Å². The summed E-state index contributed by atoms with van der Waals surface area (Å²) < 4.78 is 14.5. The van der Waals surface area contributed by atoms with Gasteiger partial charge in [-0.05, 0) is 40.0 Å². The van der Waals surface area contributed by atoms with Gasteiger partial charge in [-0.2, -0.15) is 9.97 Å². The monoisotopic (exact) mass is 374 g/mol. The van der Waals surface area contributed by atoms with Crippen molar-refractivity contribution in [3.63, 3.8) is 0 Å². The Balaban J connectivity index is 1.58. The molecule has 3 aliphatic rings. The SMILES string of the molecule is CC1(C)OC2[C@H](n3cnc4c(NC5CC5)nc(N)nc43)C[C@H](CO)C2(C)O1. The first-order valence-corrected chi connectivity index (χ1v) is 9.56. The van der Waals surface area contributed by atoms with Gasteiger partial charge in [0.1, 0.15) is 11.7 Å². The fraction of sp³-hybridized carbons (Fsp3) is 0.722. The second kappa shape index (κ2) is 5.52. The van der Waals surface area contributed by atoms with E-state index < -0.39 is 11.4 Å². The molecule has 2 aromatic rings. The van der Waals surface area contributed by atoms with Crippen LogP contribution in [0.15, 0.2) is 6.33 Å². The van der Waals surface area contributed by atoms with E-state index in [9.17, 15) is 5.11 Å². The Hall–Kier alpha value is -1.97. The zero-order valence-corrected chi connectivity index (χ0v) is 15.8. The maximum Gasteiger partial charge on any atom is 0.224 e. The van der Waals surface area contributed by atoms with E-state index in [1.807, 2.05) is 25.3 Å². The van der Waals surface area contributed by atoms with Gasteiger partial charge in [0, 0.05) is 18.6 Å². The molecule has 3 heterocycles. The molecule has 3 fully saturated rings. The van der Waals surface area contributed by atoms with E-state index in [1.165, 1.54) is 0 Å². The second-order valence-electron chi connectivity index (χ2n) is 8.58. The molecule has 0 radical (unpaired) electrons. The number of aromatic nitrogens is 4. The Morgan fingerprint density at radius 2 is 2.11 bits per heavy atom. The van der Waals surface area contributed by atoms with E-state index in [0.717, 1.165) is 12.8 Å². The first-order valence-electron chi connectivity index (χ1n) is 9.56. The lowest BCUT2D eigenvalue weighted by Crippen LogP contribution is -2.41. The third-order valence-corrected chi connectivity index (χ3v) is 6.06. The number of fused-ring (bicyclic) bond motifs is 2. The lowest BCUT2D eigenvalue weighted by atomic mass is 9.92. The van der Waals surface area contributed by atoms with Gasteiger partial charge in [-0.15, -0.1) is 0 Å². The summed E-state index contributed by atoms with van der Waals surface area (Å²) in [6, 6.07) is 0.385. The average Bonchev–Trinajstić information content (AvgIpc) is 3.16. The van der Waals surface area contributed by atoms with Crippen LogP contribution < -0.4 is 11.1 Å². The first kappa shape index (κ1) is 17.2. The van der Waals surface area contributed by atoms with Crippen molar-refractivity contribution >= 4 is 22.9 Å². The van der Waals surface area contributed by atoms with Crippen LogP contribution in [0.25, 0.3) is 11.2 Å². The summed E-state index contributed by atoms with van der Waals surface area (Å²) in [7, 11) is 0. The van der Waals surface area contributed by atoms with Crippen LogP contribution in [0.5, 0.6) is 0 Å². The highest BCUT2D eigenvalue weighted by Crippen LogP contribution is 2.54. The van der Waals surface area contributed by atoms with Crippen molar-refractivity contribution in [2.24, 2.45) is 5.92 Å². The van der Waals surface area contributed by atoms with Gasteiger partial charge < -0.3 is 30.2 Å². The fourth-order valence-electron chi connectivity index (χ4n) is 4.67. The van der Waals surface area contributed by atoms with E-state index in [2.05, 4.69) is 20.3 Å². The highest BCUT2D eigenvalue weighted by molar-refractivity contribution is 5.84. The van der Waals surface area contributed by atoms with Crippen LogP contribution in [-0.2, 0) is 9.47 Å². The summed E-state index contributed by atoms with van der Waals surface area (Å²) in [5.41, 5.74) is 6.81. The number of imidazole rings is 1. The first-order chi connectivity index (χ1) is 12.8. The quantitative estimate of drug-likeness (QED) is 0.735. The van der Waals surface area contributed by atoms with E-state index in [-0.39, 0.29) is 30.6 Å². The van der Waals surface area contributed by atoms with Crippen molar-refractivity contribution in [1.82, 2.24) is 19.5 Å². The predicted octanol–water partition coefficient (Wildman–Crippen LogP) is 1.45. The molecule has 4 atom stereocenters. The minimum atomic E-state index is -0.700. The van der Waals surface area contributed by atoms with Crippen LogP contribution >= 0.6 is 0 Å². The molecule has 0 aromatic carbocycles. The molecule has 0 spiro atoms. The largest absolute Gasteiger partial charge is 0.396 e. The number of ether oxygens (including phenoxy) is 2. The third-order valence-electron chi connectivity index (χ3n) is 6.06. The van der Waals surface area contributed by atoms with Gasteiger partial charge >= 0.3 is 0 Å². The van der Waals surface area contributed by atoms with E-state index >= 15 is 0 Å². The number of nitrogens with one attached hydrogen (secondary N) is 1. The van der Waals surface area contributed by atoms with Crippen LogP contribution in [0.4, 0.5) is 11.8 Å². The maximum atomic E-state index is 9.96. The van der Waals surface area contributed by atoms with Gasteiger partial charge in [-0.25, -0.2) is 4.98 Å². The number of nitrogen functional groups attached to an aromatic ring is 1. The van der Waals surface area contributed by atoms with Crippen LogP contribution in [0, 0.1) is 5.92 Å². The fourth-order valence-corrected chi connectivity index (χ4v) is 4.67. The normalized spacial score (nSPS) is 34.9. The number of hydrogen-bond acceptors (Lipinski definition) is 8. The maximum absolute atomic E-state index is 9.96. The molecule has 2 unspecified atom stereocenters. The molecule has 2 aliphatic carbocycles. The Kier molecular flexibility index (Phi) is 3.51. The molecule has 5 rings (SSSR count). The van der Waals surface area contributed by atoms with Gasteiger partial charge in [-0.3, -0.25) is 0 Å². The molecule has 0 bridgehead atoms. The molecular weight excluding hydrogens is 348 g/mol. The third kappa shape index (κ3) is 2.60. The lowest BCUT2D eigenvalue weighted by molar-refractivity contribution is -0.178. The molecule has 1 saturated heterocycles. The molecule has 4 N–H and O–H groups in total. The molecule has 9 heteroatoms. The standard InChI is InChI=1S/C18H26N6O3/c1-17(2)26-13-11(6-9(7-25)18(13,3)27-17)24-8-20-12-14(21-10-4-5-10)22-16(19)23-15(12)24/h8-11,13,25H,4-7H2,1-3H3,(H3,19,21,22,23)/t9-,11-,13?,18?/m1/s1. The smallest absolute Gasteiger partial charge is 0.224 e. The predicted molar refractivity (Wildman–Crippen MR) is 99.1 cm³/mol. The van der Waals surface area contributed by atoms with Crippen molar-refractivity contribution in [1.29, 1.82) is 0 Å². The minimum absolute atomic E-state index is 0.0324. The highest BCUT2D eigenvalue weighted by atomic mass is 16.8. The van der Waals surface area contributed by atoms with Gasteiger partial charge in [-0.1, -0.05) is 0 Å². The molecular formula is C18H26N6O3. The minimum Gasteiger partial charge on any atom is -0.396 e. The van der Waals surface area contributed by atoms with E-state index in [4.69, 9.17) is 15.2 Å². The molecule has 1 aliphatic heterocycles. The number of nitrogens with two attached hydrogens (primary N) is 1. The molecule has 2 aromatic heterocycles. The Bertz CT molecular complexity index is 895. The summed E-state index contributed by atoms with van der Waals surface area (Å²) in [5.74, 6) is 0.169. The van der Waals surface area contributed by atoms with Gasteiger partial charge in [0.25, 0.3) is 0 Å². The van der Waals surface area contributed by atoms with Gasteiger partial charge in [0.2, 0.25) is 5.95 Å². The summed E-state index contributed by atoms with van der Waals surface area (Å²) in [5, 5.41) is 13.3. The molecule has 27 heavy (non-hydrogen) atoms. The van der Waals surface area contributed by atoms with Crippen molar-refractivity contribution in [2.75, 3.05) is 17.7 Å². The number of rotatable bonds is 4. The zero-order valence-electron chi connectivity index (χ0n) is 15.8. The average molecular weight is 374 g/mol. The van der Waals surface area contributed by atoms with Crippen molar-refractivity contribution in [3.8, 4) is 0 Å². The topological polar surface area (TPSA) is 120 Å². The number of hydrogen-bond donors (Lipinski definition) is 3. The van der Waals surface area contributed by atoms with Gasteiger partial charge in [0.05, 0.1) is 12.4 Å². The summed E-state index contributed by atoms with van der Waals surface area (Å²) in [6.45, 7) is 5.88. The summed E-state index contributed by atoms with van der Waals surface area (Å²) >= 11 is 0. The van der Waals surface area contributed by atoms with Crippen LogP contribution in [0.3, 0.4) is 0 Å². The Labute approximate surface area is 157 Å². The lowest BCUT2D eigenvalue weighted by Gasteiger charge is -2.29. The van der Waals surface area contributed by atoms with Gasteiger partial charge in [0.15, 0.2) is 22.8 Å². The van der Waals surface area contributed by atoms with E-state index in [0.29, 0.717) is 29.4 Å². The number of aliphatic hydroxyl groups excluding tert-OH is 1. The molecule has 0 amide bonds. The highest BCUT2D eigenvalue weighted by Gasteiger charge is 2.62. The second-order valence-corrected chi connectivity index (χ2v) is 8.58. The van der Waals surface area contributed by atoms with Crippen molar-refractivity contribution < 1.29 is 14.6 Å². The van der Waals surface area contributed by atoms with Crippen LogP contribution in [0.1, 0.15) is 46.1 Å². The Morgan fingerprint density at radius 1 is 1.33 bits per heavy atom. The Morgan fingerprint density at radius 3 is 2.81 bits per heavy atom. The van der Waals surface area contributed by atoms with Crippen molar-refractivity contribution in [3.05, 3.63) is 6.33 Å². The number of anilines is 2. The molecule has 2 saturated carbocycles. The zero-order chi connectivity index (χ0) is 19.0. The van der Waals surface area contributed by atoms with Crippen LogP contribution in [0.2, 0.25) is 0 Å². The summed E-state index contributed by atoms with van der Waals surface area (Å²) in [6.07, 6.45) is 4.55. The molecule has 146 valence electrons. The van der Waals surface area contributed by atoms with E-state index in [1.54, 1.807) is 6.33 Å². The van der Waals surface area contributed by atoms with Crippen molar-refractivity contribution in [2.45, 2.75) is 69.6 Å². The summed E-state index contributed by atoms with van der Waals surface area (Å²) in [4.78, 5) is 13.4. The number of nitrogens with zero attached hydrogens (tertiary/aromatic N) is 4. The molecule has 9 nitrogen and oxygen atoms in total. The number of aliphatic hydroxyl groups is 1.